The fraction of sp³-hybridized carbons (Fsp3) is 0. The Labute approximate surface area is 112 Å². The van der Waals surface area contributed by atoms with E-state index in [1.54, 1.807) is 23.6 Å². The molecule has 18 heavy (non-hydrogen) atoms. The van der Waals surface area contributed by atoms with Gasteiger partial charge in [-0.3, -0.25) is 4.79 Å². The Kier molecular flexibility index (Phi) is 3.64. The molecule has 1 heterocycles. The normalized spacial score (nSPS) is 10.1. The van der Waals surface area contributed by atoms with E-state index in [9.17, 15) is 9.59 Å². The van der Waals surface area contributed by atoms with Crippen LogP contribution >= 0.6 is 22.9 Å². The van der Waals surface area contributed by atoms with Crippen molar-refractivity contribution >= 4 is 40.5 Å². The van der Waals surface area contributed by atoms with Crippen molar-refractivity contribution < 1.29 is 14.7 Å². The predicted molar refractivity (Wildman–Crippen MR) is 70.7 cm³/mol. The zero-order valence-corrected chi connectivity index (χ0v) is 10.6. The lowest BCUT2D eigenvalue weighted by Crippen LogP contribution is -2.13. The highest BCUT2D eigenvalue weighted by Gasteiger charge is 2.16. The number of thiophene rings is 1. The topological polar surface area (TPSA) is 66.4 Å². The van der Waals surface area contributed by atoms with E-state index in [1.807, 2.05) is 0 Å². The summed E-state index contributed by atoms with van der Waals surface area (Å²) in [5.74, 6) is -1.53. The number of carboxylic acids is 1. The van der Waals surface area contributed by atoms with Crippen LogP contribution in [0.1, 0.15) is 20.0 Å². The van der Waals surface area contributed by atoms with Crippen molar-refractivity contribution in [3.63, 3.8) is 0 Å². The summed E-state index contributed by atoms with van der Waals surface area (Å²) in [6.45, 7) is 0. The van der Waals surface area contributed by atoms with E-state index >= 15 is 0 Å². The van der Waals surface area contributed by atoms with Crippen LogP contribution in [-0.4, -0.2) is 17.0 Å². The lowest BCUT2D eigenvalue weighted by molar-refractivity contribution is 0.0698. The van der Waals surface area contributed by atoms with Crippen molar-refractivity contribution in [1.82, 2.24) is 0 Å². The molecule has 6 heteroatoms. The fourth-order valence-electron chi connectivity index (χ4n) is 1.44. The molecule has 0 radical (unpaired) electrons. The standard InChI is InChI=1S/C12H8ClNO3S/c13-7-3-1-4-8(10(7)12(16)17)14-11(15)9-5-2-6-18-9/h1-6H,(H,14,15)(H,16,17). The third-order valence-electron chi connectivity index (χ3n) is 2.22. The van der Waals surface area contributed by atoms with Crippen molar-refractivity contribution in [2.45, 2.75) is 0 Å². The number of carbonyl (C=O) groups is 2. The number of carboxylic acid groups (broad SMARTS) is 1. The number of hydrogen-bond acceptors (Lipinski definition) is 3. The molecular weight excluding hydrogens is 274 g/mol. The molecule has 0 bridgehead atoms. The first-order valence-corrected chi connectivity index (χ1v) is 6.22. The van der Waals surface area contributed by atoms with Gasteiger partial charge < -0.3 is 10.4 Å². The highest BCUT2D eigenvalue weighted by atomic mass is 35.5. The van der Waals surface area contributed by atoms with Gasteiger partial charge in [0.25, 0.3) is 5.91 Å². The smallest absolute Gasteiger partial charge is 0.339 e. The highest BCUT2D eigenvalue weighted by molar-refractivity contribution is 7.12. The monoisotopic (exact) mass is 281 g/mol. The van der Waals surface area contributed by atoms with Gasteiger partial charge in [0.05, 0.1) is 15.6 Å². The first-order chi connectivity index (χ1) is 8.59. The van der Waals surface area contributed by atoms with Crippen LogP contribution < -0.4 is 5.32 Å². The van der Waals surface area contributed by atoms with Crippen LogP contribution in [0.5, 0.6) is 0 Å². The summed E-state index contributed by atoms with van der Waals surface area (Å²) in [5.41, 5.74) is 0.0810. The van der Waals surface area contributed by atoms with Gasteiger partial charge >= 0.3 is 5.97 Å². The number of amides is 1. The van der Waals surface area contributed by atoms with Crippen molar-refractivity contribution in [2.24, 2.45) is 0 Å². The highest BCUT2D eigenvalue weighted by Crippen LogP contribution is 2.25. The minimum absolute atomic E-state index is 0.0893. The van der Waals surface area contributed by atoms with Gasteiger partial charge in [-0.05, 0) is 23.6 Å². The van der Waals surface area contributed by atoms with E-state index in [4.69, 9.17) is 16.7 Å². The number of anilines is 1. The molecule has 2 N–H and O–H groups in total. The Morgan fingerprint density at radius 3 is 2.61 bits per heavy atom. The molecule has 0 saturated heterocycles. The van der Waals surface area contributed by atoms with Gasteiger partial charge in [-0.25, -0.2) is 4.79 Å². The zero-order chi connectivity index (χ0) is 13.1. The average molecular weight is 282 g/mol. The predicted octanol–water partition coefficient (Wildman–Crippen LogP) is 3.35. The second-order valence-corrected chi connectivity index (χ2v) is 4.75. The van der Waals surface area contributed by atoms with Gasteiger partial charge in [-0.15, -0.1) is 11.3 Å². The molecule has 0 aliphatic carbocycles. The van der Waals surface area contributed by atoms with Crippen LogP contribution in [0.15, 0.2) is 35.7 Å². The van der Waals surface area contributed by atoms with Gasteiger partial charge in [-0.1, -0.05) is 23.7 Å². The first-order valence-electron chi connectivity index (χ1n) is 4.96. The molecule has 92 valence electrons. The number of hydrogen-bond donors (Lipinski definition) is 2. The largest absolute Gasteiger partial charge is 0.478 e. The molecular formula is C12H8ClNO3S. The van der Waals surface area contributed by atoms with Gasteiger partial charge in [0.15, 0.2) is 0 Å². The fourth-order valence-corrected chi connectivity index (χ4v) is 2.31. The van der Waals surface area contributed by atoms with Crippen molar-refractivity contribution in [3.05, 3.63) is 51.2 Å². The lowest BCUT2D eigenvalue weighted by atomic mass is 10.1. The Balaban J connectivity index is 2.32. The number of nitrogens with one attached hydrogen (secondary N) is 1. The molecule has 2 aromatic rings. The molecule has 2 rings (SSSR count). The van der Waals surface area contributed by atoms with E-state index in [2.05, 4.69) is 5.32 Å². The summed E-state index contributed by atoms with van der Waals surface area (Å²) in [6.07, 6.45) is 0. The minimum atomic E-state index is -1.18. The molecule has 0 atom stereocenters. The quantitative estimate of drug-likeness (QED) is 0.906. The molecule has 1 aromatic carbocycles. The molecule has 1 amide bonds. The second-order valence-electron chi connectivity index (χ2n) is 3.40. The number of carbonyl (C=O) groups excluding carboxylic acids is 1. The number of rotatable bonds is 3. The molecule has 0 saturated carbocycles. The molecule has 1 aromatic heterocycles. The SMILES string of the molecule is O=C(Nc1cccc(Cl)c1C(=O)O)c1cccs1. The summed E-state index contributed by atoms with van der Waals surface area (Å²) in [7, 11) is 0. The third-order valence-corrected chi connectivity index (χ3v) is 3.40. The Bertz CT molecular complexity index is 595. The number of benzene rings is 1. The molecule has 0 aliphatic rings. The molecule has 0 aliphatic heterocycles. The summed E-state index contributed by atoms with van der Waals surface area (Å²) in [5, 5.41) is 13.5. The van der Waals surface area contributed by atoms with Gasteiger partial charge in [-0.2, -0.15) is 0 Å². The maximum Gasteiger partial charge on any atom is 0.339 e. The van der Waals surface area contributed by atoms with Crippen LogP contribution in [-0.2, 0) is 0 Å². The maximum atomic E-state index is 11.8. The van der Waals surface area contributed by atoms with Crippen molar-refractivity contribution in [3.8, 4) is 0 Å². The van der Waals surface area contributed by atoms with Gasteiger partial charge in [0.1, 0.15) is 5.56 Å². The Morgan fingerprint density at radius 2 is 2.00 bits per heavy atom. The van der Waals surface area contributed by atoms with E-state index in [1.165, 1.54) is 23.5 Å². The van der Waals surface area contributed by atoms with Crippen molar-refractivity contribution in [2.75, 3.05) is 5.32 Å². The van der Waals surface area contributed by atoms with E-state index in [0.29, 0.717) is 4.88 Å². The average Bonchev–Trinajstić information content (AvgIpc) is 2.81. The maximum absolute atomic E-state index is 11.8. The van der Waals surface area contributed by atoms with Gasteiger partial charge in [0, 0.05) is 0 Å². The minimum Gasteiger partial charge on any atom is -0.478 e. The summed E-state index contributed by atoms with van der Waals surface area (Å²) in [6, 6.07) is 7.95. The van der Waals surface area contributed by atoms with Crippen LogP contribution in [0, 0.1) is 0 Å². The Hall–Kier alpha value is -1.85. The van der Waals surface area contributed by atoms with Crippen LogP contribution in [0.25, 0.3) is 0 Å². The van der Waals surface area contributed by atoms with Gasteiger partial charge in [0.2, 0.25) is 0 Å². The second kappa shape index (κ2) is 5.20. The molecule has 0 fully saturated rings. The van der Waals surface area contributed by atoms with E-state index in [0.717, 1.165) is 0 Å². The molecule has 0 spiro atoms. The summed E-state index contributed by atoms with van der Waals surface area (Å²) in [4.78, 5) is 23.4. The number of aromatic carboxylic acids is 1. The third kappa shape index (κ3) is 2.52. The molecule has 4 nitrogen and oxygen atoms in total. The number of halogens is 1. The van der Waals surface area contributed by atoms with Crippen LogP contribution in [0.4, 0.5) is 5.69 Å². The summed E-state index contributed by atoms with van der Waals surface area (Å²) < 4.78 is 0. The lowest BCUT2D eigenvalue weighted by Gasteiger charge is -2.08. The van der Waals surface area contributed by atoms with Crippen LogP contribution in [0.3, 0.4) is 0 Å². The Morgan fingerprint density at radius 1 is 1.22 bits per heavy atom. The zero-order valence-electron chi connectivity index (χ0n) is 9.01. The van der Waals surface area contributed by atoms with Crippen LogP contribution in [0.2, 0.25) is 5.02 Å². The molecule has 0 unspecified atom stereocenters. The van der Waals surface area contributed by atoms with E-state index in [-0.39, 0.29) is 22.2 Å². The summed E-state index contributed by atoms with van der Waals surface area (Å²) >= 11 is 7.08. The van der Waals surface area contributed by atoms with E-state index < -0.39 is 5.97 Å². The first kappa shape index (κ1) is 12.6. The van der Waals surface area contributed by atoms with Crippen molar-refractivity contribution in [1.29, 1.82) is 0 Å².